The van der Waals surface area contributed by atoms with Gasteiger partial charge in [0.05, 0.1) is 5.69 Å². The maximum Gasteiger partial charge on any atom is 0.413 e. The van der Waals surface area contributed by atoms with Crippen molar-refractivity contribution in [1.82, 2.24) is 4.98 Å². The van der Waals surface area contributed by atoms with Crippen molar-refractivity contribution in [1.29, 1.82) is 0 Å². The molecule has 0 aliphatic heterocycles. The minimum Gasteiger partial charge on any atom is -0.444 e. The monoisotopic (exact) mass is 300 g/mol. The van der Waals surface area contributed by atoms with Crippen LogP contribution in [0.1, 0.15) is 32.0 Å². The molecule has 0 bridgehead atoms. The highest BCUT2D eigenvalue weighted by molar-refractivity contribution is 9.10. The number of carbonyl (C=O) groups excluding carboxylic acids is 1. The van der Waals surface area contributed by atoms with E-state index in [-0.39, 0.29) is 0 Å². The molecule has 0 aliphatic rings. The molecule has 1 amide bonds. The van der Waals surface area contributed by atoms with Gasteiger partial charge in [-0.3, -0.25) is 5.32 Å². The molecule has 1 aromatic rings. The van der Waals surface area contributed by atoms with E-state index in [0.29, 0.717) is 5.82 Å². The van der Waals surface area contributed by atoms with Gasteiger partial charge >= 0.3 is 6.09 Å². The summed E-state index contributed by atoms with van der Waals surface area (Å²) < 4.78 is 6.09. The van der Waals surface area contributed by atoms with Crippen LogP contribution in [0.4, 0.5) is 10.6 Å². The first-order valence-electron chi connectivity index (χ1n) is 5.33. The van der Waals surface area contributed by atoms with Gasteiger partial charge in [-0.2, -0.15) is 0 Å². The minimum atomic E-state index is -0.512. The van der Waals surface area contributed by atoms with Gasteiger partial charge in [0.25, 0.3) is 0 Å². The second-order valence-electron chi connectivity index (χ2n) is 4.85. The smallest absolute Gasteiger partial charge is 0.413 e. The average molecular weight is 301 g/mol. The van der Waals surface area contributed by atoms with Crippen LogP contribution >= 0.6 is 15.9 Å². The van der Waals surface area contributed by atoms with Crippen molar-refractivity contribution < 1.29 is 9.53 Å². The van der Waals surface area contributed by atoms with Crippen molar-refractivity contribution in [3.63, 3.8) is 0 Å². The largest absolute Gasteiger partial charge is 0.444 e. The predicted molar refractivity (Wildman–Crippen MR) is 71.3 cm³/mol. The van der Waals surface area contributed by atoms with E-state index in [2.05, 4.69) is 26.2 Å². The van der Waals surface area contributed by atoms with Crippen molar-refractivity contribution >= 4 is 27.8 Å². The molecule has 4 nitrogen and oxygen atoms in total. The highest BCUT2D eigenvalue weighted by Crippen LogP contribution is 2.21. The quantitative estimate of drug-likeness (QED) is 0.858. The summed E-state index contributed by atoms with van der Waals surface area (Å²) in [6.45, 7) is 9.20. The summed E-state index contributed by atoms with van der Waals surface area (Å²) in [6, 6.07) is 1.91. The summed E-state index contributed by atoms with van der Waals surface area (Å²) in [5.41, 5.74) is 1.19. The first kappa shape index (κ1) is 14.0. The third kappa shape index (κ3) is 4.34. The molecule has 94 valence electrons. The molecule has 0 aliphatic carbocycles. The predicted octanol–water partition coefficient (Wildman–Crippen LogP) is 3.81. The van der Waals surface area contributed by atoms with Crippen LogP contribution in [-0.4, -0.2) is 16.7 Å². The first-order valence-corrected chi connectivity index (χ1v) is 6.12. The summed E-state index contributed by atoms with van der Waals surface area (Å²) in [4.78, 5) is 15.9. The zero-order valence-corrected chi connectivity index (χ0v) is 12.3. The van der Waals surface area contributed by atoms with E-state index in [9.17, 15) is 4.79 Å². The Morgan fingerprint density at radius 3 is 2.53 bits per heavy atom. The van der Waals surface area contributed by atoms with E-state index in [0.717, 1.165) is 15.7 Å². The van der Waals surface area contributed by atoms with Crippen molar-refractivity contribution in [2.24, 2.45) is 0 Å². The number of aromatic nitrogens is 1. The maximum absolute atomic E-state index is 11.6. The Bertz CT molecular complexity index is 439. The Hall–Kier alpha value is -1.10. The number of pyridine rings is 1. The third-order valence-corrected chi connectivity index (χ3v) is 2.76. The maximum atomic E-state index is 11.6. The summed E-state index contributed by atoms with van der Waals surface area (Å²) >= 11 is 3.39. The number of ether oxygens (including phenoxy) is 1. The molecule has 1 aromatic heterocycles. The van der Waals surface area contributed by atoms with E-state index < -0.39 is 11.7 Å². The molecule has 0 aromatic carbocycles. The molecular formula is C12H17BrN2O2. The van der Waals surface area contributed by atoms with Gasteiger partial charge in [-0.05, 0) is 62.2 Å². The Morgan fingerprint density at radius 2 is 2.00 bits per heavy atom. The number of halogens is 1. The summed E-state index contributed by atoms with van der Waals surface area (Å²) in [6.07, 6.45) is -0.491. The fourth-order valence-electron chi connectivity index (χ4n) is 1.20. The first-order chi connectivity index (χ1) is 7.69. The second-order valence-corrected chi connectivity index (χ2v) is 5.70. The minimum absolute atomic E-state index is 0.491. The second kappa shape index (κ2) is 5.04. The number of nitrogens with one attached hydrogen (secondary N) is 1. The number of carbonyl (C=O) groups is 1. The van der Waals surface area contributed by atoms with Gasteiger partial charge in [-0.15, -0.1) is 0 Å². The lowest BCUT2D eigenvalue weighted by Crippen LogP contribution is -2.27. The number of hydrogen-bond donors (Lipinski definition) is 1. The van der Waals surface area contributed by atoms with E-state index in [4.69, 9.17) is 4.74 Å². The molecule has 17 heavy (non-hydrogen) atoms. The number of anilines is 1. The molecule has 1 N–H and O–H groups in total. The van der Waals surface area contributed by atoms with Crippen molar-refractivity contribution in [2.45, 2.75) is 40.2 Å². The molecule has 0 unspecified atom stereocenters. The topological polar surface area (TPSA) is 51.2 Å². The SMILES string of the molecule is Cc1cc(Br)c(C)nc1NC(=O)OC(C)(C)C. The highest BCUT2D eigenvalue weighted by atomic mass is 79.9. The number of hydrogen-bond acceptors (Lipinski definition) is 3. The van der Waals surface area contributed by atoms with Gasteiger partial charge in [0.1, 0.15) is 11.4 Å². The van der Waals surface area contributed by atoms with Gasteiger partial charge in [0.15, 0.2) is 0 Å². The highest BCUT2D eigenvalue weighted by Gasteiger charge is 2.17. The fourth-order valence-corrected chi connectivity index (χ4v) is 1.63. The molecule has 5 heteroatoms. The molecule has 0 saturated heterocycles. The lowest BCUT2D eigenvalue weighted by Gasteiger charge is -2.20. The standard InChI is InChI=1S/C12H17BrN2O2/c1-7-6-9(13)8(2)14-10(7)15-11(16)17-12(3,4)5/h6H,1-5H3,(H,14,15,16). The Balaban J connectivity index is 2.82. The number of aryl methyl sites for hydroxylation is 2. The molecule has 1 heterocycles. The van der Waals surface area contributed by atoms with Crippen LogP contribution in [0.15, 0.2) is 10.5 Å². The van der Waals surface area contributed by atoms with Crippen molar-refractivity contribution in [3.8, 4) is 0 Å². The molecule has 0 fully saturated rings. The van der Waals surface area contributed by atoms with Crippen LogP contribution in [0.25, 0.3) is 0 Å². The van der Waals surface area contributed by atoms with Gasteiger partial charge in [0, 0.05) is 4.47 Å². The molecule has 1 rings (SSSR count). The van der Waals surface area contributed by atoms with Crippen molar-refractivity contribution in [2.75, 3.05) is 5.32 Å². The van der Waals surface area contributed by atoms with Gasteiger partial charge in [-0.1, -0.05) is 0 Å². The van der Waals surface area contributed by atoms with E-state index >= 15 is 0 Å². The van der Waals surface area contributed by atoms with E-state index in [1.54, 1.807) is 0 Å². The van der Waals surface area contributed by atoms with Gasteiger partial charge in [-0.25, -0.2) is 9.78 Å². The number of amides is 1. The van der Waals surface area contributed by atoms with Crippen LogP contribution in [0.5, 0.6) is 0 Å². The molecule has 0 spiro atoms. The molecule has 0 atom stereocenters. The normalized spacial score (nSPS) is 11.2. The third-order valence-electron chi connectivity index (χ3n) is 1.96. The summed E-state index contributed by atoms with van der Waals surface area (Å²) in [5, 5.41) is 2.64. The fraction of sp³-hybridized carbons (Fsp3) is 0.500. The number of rotatable bonds is 1. The molecule has 0 radical (unpaired) electrons. The summed E-state index contributed by atoms with van der Waals surface area (Å²) in [5.74, 6) is 0.528. The Labute approximate surface area is 110 Å². The van der Waals surface area contributed by atoms with Gasteiger partial charge < -0.3 is 4.74 Å². The van der Waals surface area contributed by atoms with E-state index in [1.807, 2.05) is 40.7 Å². The molecule has 0 saturated carbocycles. The van der Waals surface area contributed by atoms with Crippen LogP contribution in [0.2, 0.25) is 0 Å². The van der Waals surface area contributed by atoms with E-state index in [1.165, 1.54) is 0 Å². The average Bonchev–Trinajstić information content (AvgIpc) is 2.11. The Kier molecular flexibility index (Phi) is 4.14. The van der Waals surface area contributed by atoms with Crippen LogP contribution in [0.3, 0.4) is 0 Å². The molecular weight excluding hydrogens is 284 g/mol. The van der Waals surface area contributed by atoms with Crippen LogP contribution in [0, 0.1) is 13.8 Å². The zero-order chi connectivity index (χ0) is 13.2. The summed E-state index contributed by atoms with van der Waals surface area (Å²) in [7, 11) is 0. The lowest BCUT2D eigenvalue weighted by molar-refractivity contribution is 0.0635. The Morgan fingerprint density at radius 1 is 1.41 bits per heavy atom. The zero-order valence-electron chi connectivity index (χ0n) is 10.7. The lowest BCUT2D eigenvalue weighted by atomic mass is 10.2. The van der Waals surface area contributed by atoms with Crippen molar-refractivity contribution in [3.05, 3.63) is 21.8 Å². The van der Waals surface area contributed by atoms with Gasteiger partial charge in [0.2, 0.25) is 0 Å². The number of nitrogens with zero attached hydrogens (tertiary/aromatic N) is 1. The van der Waals surface area contributed by atoms with Crippen LogP contribution < -0.4 is 5.32 Å². The van der Waals surface area contributed by atoms with Crippen LogP contribution in [-0.2, 0) is 4.74 Å².